The van der Waals surface area contributed by atoms with Gasteiger partial charge in [-0.1, -0.05) is 82.7 Å². The minimum atomic E-state index is 0.959. The molecule has 0 saturated heterocycles. The third kappa shape index (κ3) is 4.32. The highest BCUT2D eigenvalue weighted by Crippen LogP contribution is 2.31. The van der Waals surface area contributed by atoms with E-state index in [0.29, 0.717) is 0 Å². The van der Waals surface area contributed by atoms with Crippen molar-refractivity contribution in [3.05, 3.63) is 120 Å². The zero-order valence-corrected chi connectivity index (χ0v) is 18.3. The van der Waals surface area contributed by atoms with Crippen molar-refractivity contribution in [1.29, 1.82) is 0 Å². The predicted octanol–water partition coefficient (Wildman–Crippen LogP) is 7.91. The van der Waals surface area contributed by atoms with Gasteiger partial charge in [-0.25, -0.2) is 4.98 Å². The van der Waals surface area contributed by atoms with Crippen LogP contribution in [0.3, 0.4) is 0 Å². The molecule has 0 fully saturated rings. The number of nitrogens with zero attached hydrogens (tertiary/aromatic N) is 2. The highest BCUT2D eigenvalue weighted by molar-refractivity contribution is 9.10. The second-order valence-electron chi connectivity index (χ2n) is 7.31. The van der Waals surface area contributed by atoms with E-state index >= 15 is 0 Å². The lowest BCUT2D eigenvalue weighted by Gasteiger charge is -2.11. The molecule has 0 aliphatic rings. The maximum atomic E-state index is 5.00. The predicted molar refractivity (Wildman–Crippen MR) is 131 cm³/mol. The highest BCUT2D eigenvalue weighted by atomic mass is 79.9. The molecule has 0 aliphatic heterocycles. The number of hydrogen-bond acceptors (Lipinski definition) is 2. The Hall–Kier alpha value is -3.56. The van der Waals surface area contributed by atoms with Crippen LogP contribution in [-0.2, 0) is 0 Å². The van der Waals surface area contributed by atoms with Crippen LogP contribution in [-0.4, -0.2) is 9.97 Å². The first kappa shape index (κ1) is 19.4. The second-order valence-corrected chi connectivity index (χ2v) is 8.23. The molecule has 0 radical (unpaired) electrons. The normalized spacial score (nSPS) is 10.7. The molecule has 2 nitrogen and oxygen atoms in total. The molecule has 5 aromatic rings. The Bertz CT molecular complexity index is 1300. The molecule has 148 valence electrons. The molecule has 2 heterocycles. The maximum Gasteiger partial charge on any atom is 0.0715 e. The van der Waals surface area contributed by atoms with Crippen LogP contribution in [0.1, 0.15) is 0 Å². The van der Waals surface area contributed by atoms with Crippen LogP contribution < -0.4 is 0 Å². The molecule has 0 N–H and O–H groups in total. The summed E-state index contributed by atoms with van der Waals surface area (Å²) in [6.45, 7) is 0. The first-order valence-electron chi connectivity index (χ1n) is 10.1. The van der Waals surface area contributed by atoms with Crippen LogP contribution in [0.5, 0.6) is 0 Å². The van der Waals surface area contributed by atoms with Gasteiger partial charge in [-0.3, -0.25) is 4.98 Å². The van der Waals surface area contributed by atoms with Gasteiger partial charge >= 0.3 is 0 Å². The van der Waals surface area contributed by atoms with E-state index in [1.165, 1.54) is 5.56 Å². The minimum Gasteiger partial charge on any atom is -0.265 e. The maximum absolute atomic E-state index is 5.00. The molecule has 0 saturated carbocycles. The summed E-state index contributed by atoms with van der Waals surface area (Å²) in [7, 11) is 0. The Morgan fingerprint density at radius 2 is 0.935 bits per heavy atom. The van der Waals surface area contributed by atoms with Crippen LogP contribution in [0.4, 0.5) is 0 Å². The van der Waals surface area contributed by atoms with Crippen molar-refractivity contribution in [2.75, 3.05) is 0 Å². The monoisotopic (exact) mass is 462 g/mol. The summed E-state index contributed by atoms with van der Waals surface area (Å²) in [6.07, 6.45) is 3.64. The van der Waals surface area contributed by atoms with E-state index in [0.717, 1.165) is 43.7 Å². The molecular weight excluding hydrogens is 444 g/mol. The number of hydrogen-bond donors (Lipinski definition) is 0. The quantitative estimate of drug-likeness (QED) is 0.271. The van der Waals surface area contributed by atoms with Gasteiger partial charge in [0.25, 0.3) is 0 Å². The molecule has 31 heavy (non-hydrogen) atoms. The summed E-state index contributed by atoms with van der Waals surface area (Å²) < 4.78 is 1.07. The molecule has 0 unspecified atom stereocenters. The molecule has 3 aromatic carbocycles. The lowest BCUT2D eigenvalue weighted by atomic mass is 9.99. The number of halogens is 1. The average Bonchev–Trinajstić information content (AvgIpc) is 2.85. The highest BCUT2D eigenvalue weighted by Gasteiger charge is 2.09. The van der Waals surface area contributed by atoms with Crippen LogP contribution in [0, 0.1) is 0 Å². The lowest BCUT2D eigenvalue weighted by molar-refractivity contribution is 1.32. The summed E-state index contributed by atoms with van der Waals surface area (Å²) >= 11 is 3.53. The summed E-state index contributed by atoms with van der Waals surface area (Å²) in [5.74, 6) is 0. The number of aromatic nitrogens is 2. The van der Waals surface area contributed by atoms with Gasteiger partial charge in [-0.15, -0.1) is 0 Å². The van der Waals surface area contributed by atoms with Gasteiger partial charge in [0, 0.05) is 28.0 Å². The van der Waals surface area contributed by atoms with E-state index in [2.05, 4.69) is 93.7 Å². The summed E-state index contributed by atoms with van der Waals surface area (Å²) in [5.41, 5.74) is 8.76. The van der Waals surface area contributed by atoms with Gasteiger partial charge in [-0.2, -0.15) is 0 Å². The molecule has 5 rings (SSSR count). The van der Waals surface area contributed by atoms with E-state index in [4.69, 9.17) is 4.98 Å². The molecule has 3 heteroatoms. The van der Waals surface area contributed by atoms with E-state index in [9.17, 15) is 0 Å². The number of benzene rings is 3. The molecule has 0 bridgehead atoms. The Balaban J connectivity index is 1.60. The van der Waals surface area contributed by atoms with Gasteiger partial charge in [0.15, 0.2) is 0 Å². The Morgan fingerprint density at radius 3 is 1.58 bits per heavy atom. The largest absolute Gasteiger partial charge is 0.265 e. The summed E-state index contributed by atoms with van der Waals surface area (Å²) in [6, 6.07) is 35.7. The van der Waals surface area contributed by atoms with Gasteiger partial charge in [0.05, 0.1) is 11.4 Å². The lowest BCUT2D eigenvalue weighted by Crippen LogP contribution is -1.91. The smallest absolute Gasteiger partial charge is 0.0715 e. The van der Waals surface area contributed by atoms with E-state index < -0.39 is 0 Å². The zero-order valence-electron chi connectivity index (χ0n) is 16.7. The second kappa shape index (κ2) is 8.66. The number of rotatable bonds is 4. The fraction of sp³-hybridized carbons (Fsp3) is 0. The van der Waals surface area contributed by atoms with Crippen LogP contribution in [0.25, 0.3) is 44.8 Å². The average molecular weight is 463 g/mol. The van der Waals surface area contributed by atoms with Crippen molar-refractivity contribution >= 4 is 15.9 Å². The molecule has 0 spiro atoms. The van der Waals surface area contributed by atoms with Gasteiger partial charge in [0.1, 0.15) is 0 Å². The van der Waals surface area contributed by atoms with Crippen LogP contribution >= 0.6 is 15.9 Å². The van der Waals surface area contributed by atoms with Crippen molar-refractivity contribution < 1.29 is 0 Å². The molecule has 0 aliphatic carbocycles. The van der Waals surface area contributed by atoms with Crippen molar-refractivity contribution in [2.24, 2.45) is 0 Å². The van der Waals surface area contributed by atoms with Gasteiger partial charge in [0.2, 0.25) is 0 Å². The van der Waals surface area contributed by atoms with E-state index in [1.54, 1.807) is 0 Å². The molecule has 2 aromatic heterocycles. The van der Waals surface area contributed by atoms with Gasteiger partial charge in [-0.05, 0) is 58.7 Å². The van der Waals surface area contributed by atoms with Crippen molar-refractivity contribution in [1.82, 2.24) is 9.97 Å². The van der Waals surface area contributed by atoms with Crippen molar-refractivity contribution in [3.8, 4) is 44.8 Å². The van der Waals surface area contributed by atoms with Crippen LogP contribution in [0.15, 0.2) is 120 Å². The molecular formula is C28H19BrN2. The first-order chi connectivity index (χ1) is 15.3. The Kier molecular flexibility index (Phi) is 5.42. The van der Waals surface area contributed by atoms with Crippen molar-refractivity contribution in [2.45, 2.75) is 0 Å². The fourth-order valence-electron chi connectivity index (χ4n) is 3.62. The minimum absolute atomic E-state index is 0.959. The van der Waals surface area contributed by atoms with Crippen molar-refractivity contribution in [3.63, 3.8) is 0 Å². The Labute approximate surface area is 190 Å². The first-order valence-corrected chi connectivity index (χ1v) is 10.9. The summed E-state index contributed by atoms with van der Waals surface area (Å²) in [5, 5.41) is 0. The van der Waals surface area contributed by atoms with Gasteiger partial charge < -0.3 is 0 Å². The van der Waals surface area contributed by atoms with E-state index in [-0.39, 0.29) is 0 Å². The summed E-state index contributed by atoms with van der Waals surface area (Å²) in [4.78, 5) is 9.11. The number of pyridine rings is 2. The third-order valence-electron chi connectivity index (χ3n) is 5.27. The Morgan fingerprint density at radius 1 is 0.452 bits per heavy atom. The molecule has 0 amide bonds. The van der Waals surface area contributed by atoms with E-state index in [1.807, 2.05) is 42.7 Å². The standard InChI is InChI=1S/C28H19BrN2/c29-26-12-10-21(11-13-26)25-18-27(23-4-2-1-3-5-23)31-28(19-25)24-8-6-20(7-9-24)22-14-16-30-17-15-22/h1-19H. The third-order valence-corrected chi connectivity index (χ3v) is 5.80. The molecule has 0 atom stereocenters. The fourth-order valence-corrected chi connectivity index (χ4v) is 3.89. The topological polar surface area (TPSA) is 25.8 Å². The van der Waals surface area contributed by atoms with Crippen LogP contribution in [0.2, 0.25) is 0 Å². The zero-order chi connectivity index (χ0) is 21.0. The SMILES string of the molecule is Brc1ccc(-c2cc(-c3ccccc3)nc(-c3ccc(-c4ccncc4)cc3)c2)cc1.